The van der Waals surface area contributed by atoms with E-state index < -0.39 is 0 Å². The Hall–Kier alpha value is -1.35. The lowest BCUT2D eigenvalue weighted by Gasteiger charge is -2.24. The zero-order valence-electron chi connectivity index (χ0n) is 12.8. The van der Waals surface area contributed by atoms with Gasteiger partial charge in [0.05, 0.1) is 11.2 Å². The van der Waals surface area contributed by atoms with Crippen molar-refractivity contribution in [2.75, 3.05) is 6.54 Å². The van der Waals surface area contributed by atoms with Crippen LogP contribution in [0, 0.1) is 11.8 Å². The normalized spacial score (nSPS) is 18.4. The summed E-state index contributed by atoms with van der Waals surface area (Å²) < 4.78 is 2.01. The monoisotopic (exact) mass is 271 g/mol. The number of para-hydroxylation sites is 1. The molecule has 1 N–H and O–H groups in total. The molecule has 108 valence electrons. The Kier molecular flexibility index (Phi) is 3.79. The van der Waals surface area contributed by atoms with Gasteiger partial charge in [0, 0.05) is 24.9 Å². The van der Waals surface area contributed by atoms with E-state index in [0.29, 0.717) is 6.04 Å². The van der Waals surface area contributed by atoms with Crippen LogP contribution < -0.4 is 5.32 Å². The molecule has 0 radical (unpaired) electrons. The zero-order valence-corrected chi connectivity index (χ0v) is 12.8. The Morgan fingerprint density at radius 3 is 2.80 bits per heavy atom. The van der Waals surface area contributed by atoms with E-state index in [1.54, 1.807) is 0 Å². The highest BCUT2D eigenvalue weighted by Crippen LogP contribution is 2.39. The molecular weight excluding hydrogens is 246 g/mol. The van der Waals surface area contributed by atoms with Crippen molar-refractivity contribution in [3.63, 3.8) is 0 Å². The highest BCUT2D eigenvalue weighted by atomic mass is 15.3. The predicted molar refractivity (Wildman–Crippen MR) is 83.8 cm³/mol. The van der Waals surface area contributed by atoms with Gasteiger partial charge < -0.3 is 5.32 Å². The molecule has 20 heavy (non-hydrogen) atoms. The minimum absolute atomic E-state index is 0.547. The quantitative estimate of drug-likeness (QED) is 0.874. The maximum absolute atomic E-state index is 4.75. The summed E-state index contributed by atoms with van der Waals surface area (Å²) in [6, 6.07) is 9.09. The lowest BCUT2D eigenvalue weighted by atomic mass is 9.92. The minimum atomic E-state index is 0.547. The Balaban J connectivity index is 1.86. The summed E-state index contributed by atoms with van der Waals surface area (Å²) in [5.74, 6) is 1.67. The summed E-state index contributed by atoms with van der Waals surface area (Å²) in [6.45, 7) is 5.63. The topological polar surface area (TPSA) is 29.9 Å². The molecule has 3 nitrogen and oxygen atoms in total. The van der Waals surface area contributed by atoms with Gasteiger partial charge in [0.1, 0.15) is 0 Å². The van der Waals surface area contributed by atoms with E-state index in [1.165, 1.54) is 29.4 Å². The first-order valence-electron chi connectivity index (χ1n) is 7.84. The van der Waals surface area contributed by atoms with Gasteiger partial charge in [-0.2, -0.15) is 5.10 Å². The van der Waals surface area contributed by atoms with Crippen molar-refractivity contribution < 1.29 is 0 Å². The molecule has 1 saturated carbocycles. The third-order valence-corrected chi connectivity index (χ3v) is 4.71. The van der Waals surface area contributed by atoms with E-state index in [4.69, 9.17) is 5.10 Å². The van der Waals surface area contributed by atoms with Gasteiger partial charge in [-0.25, -0.2) is 0 Å². The number of aryl methyl sites for hydroxylation is 1. The molecule has 0 bridgehead atoms. The van der Waals surface area contributed by atoms with Crippen LogP contribution in [-0.4, -0.2) is 22.4 Å². The van der Waals surface area contributed by atoms with Crippen molar-refractivity contribution in [3.05, 3.63) is 30.0 Å². The first kappa shape index (κ1) is 13.6. The number of nitrogens with zero attached hydrogens (tertiary/aromatic N) is 2. The molecule has 3 heteroatoms. The second kappa shape index (κ2) is 5.57. The molecule has 0 amide bonds. The highest BCUT2D eigenvalue weighted by molar-refractivity contribution is 5.81. The Morgan fingerprint density at radius 1 is 1.35 bits per heavy atom. The maximum Gasteiger partial charge on any atom is 0.0718 e. The van der Waals surface area contributed by atoms with Crippen molar-refractivity contribution >= 4 is 10.9 Å². The smallest absolute Gasteiger partial charge is 0.0718 e. The molecule has 0 spiro atoms. The van der Waals surface area contributed by atoms with Crippen LogP contribution in [0.2, 0.25) is 0 Å². The lowest BCUT2D eigenvalue weighted by molar-refractivity contribution is 0.342. The molecule has 1 aromatic heterocycles. The average Bonchev–Trinajstić information content (AvgIpc) is 3.25. The van der Waals surface area contributed by atoms with E-state index in [1.807, 2.05) is 11.7 Å². The second-order valence-electron chi connectivity index (χ2n) is 6.15. The first-order chi connectivity index (χ1) is 9.70. The summed E-state index contributed by atoms with van der Waals surface area (Å²) >= 11 is 0. The van der Waals surface area contributed by atoms with E-state index >= 15 is 0 Å². The van der Waals surface area contributed by atoms with Gasteiger partial charge >= 0.3 is 0 Å². The fraction of sp³-hybridized carbons (Fsp3) is 0.588. The number of rotatable bonds is 6. The molecule has 3 rings (SSSR count). The van der Waals surface area contributed by atoms with Crippen LogP contribution in [-0.2, 0) is 13.5 Å². The van der Waals surface area contributed by atoms with Crippen LogP contribution in [0.25, 0.3) is 10.9 Å². The first-order valence-corrected chi connectivity index (χ1v) is 7.84. The third kappa shape index (κ3) is 2.59. The molecule has 1 fully saturated rings. The van der Waals surface area contributed by atoms with Gasteiger partial charge in [-0.1, -0.05) is 32.0 Å². The number of hydrogen-bond acceptors (Lipinski definition) is 2. The predicted octanol–water partition coefficient (Wildman–Crippen LogP) is 3.14. The highest BCUT2D eigenvalue weighted by Gasteiger charge is 2.33. The fourth-order valence-corrected chi connectivity index (χ4v) is 3.30. The zero-order chi connectivity index (χ0) is 14.1. The molecule has 1 aromatic carbocycles. The molecule has 1 aliphatic rings. The molecule has 2 aromatic rings. The number of hydrogen-bond donors (Lipinski definition) is 1. The number of likely N-dealkylation sites (N-methyl/N-ethyl adjacent to an activating group) is 1. The Morgan fingerprint density at radius 2 is 2.10 bits per heavy atom. The summed E-state index contributed by atoms with van der Waals surface area (Å²) in [4.78, 5) is 0. The van der Waals surface area contributed by atoms with Crippen molar-refractivity contribution in [2.45, 2.75) is 39.2 Å². The molecule has 0 saturated heterocycles. The molecule has 2 unspecified atom stereocenters. The maximum atomic E-state index is 4.75. The summed E-state index contributed by atoms with van der Waals surface area (Å²) in [7, 11) is 2.04. The van der Waals surface area contributed by atoms with Crippen LogP contribution in [0.15, 0.2) is 24.3 Å². The number of fused-ring (bicyclic) bond motifs is 1. The molecule has 0 aliphatic heterocycles. The van der Waals surface area contributed by atoms with Crippen molar-refractivity contribution in [1.82, 2.24) is 15.1 Å². The van der Waals surface area contributed by atoms with Crippen molar-refractivity contribution in [3.8, 4) is 0 Å². The number of aromatic nitrogens is 2. The van der Waals surface area contributed by atoms with Crippen molar-refractivity contribution in [2.24, 2.45) is 18.9 Å². The van der Waals surface area contributed by atoms with Gasteiger partial charge in [-0.3, -0.25) is 4.68 Å². The van der Waals surface area contributed by atoms with E-state index in [2.05, 4.69) is 43.4 Å². The van der Waals surface area contributed by atoms with Crippen LogP contribution in [0.3, 0.4) is 0 Å². The largest absolute Gasteiger partial charge is 0.314 e. The molecule has 1 heterocycles. The van der Waals surface area contributed by atoms with Gasteiger partial charge in [0.15, 0.2) is 0 Å². The van der Waals surface area contributed by atoms with E-state index in [9.17, 15) is 0 Å². The number of benzene rings is 1. The van der Waals surface area contributed by atoms with Crippen LogP contribution in [0.1, 0.15) is 32.4 Å². The summed E-state index contributed by atoms with van der Waals surface area (Å²) in [6.07, 6.45) is 3.85. The van der Waals surface area contributed by atoms with Crippen LogP contribution in [0.4, 0.5) is 0 Å². The summed E-state index contributed by atoms with van der Waals surface area (Å²) in [5.41, 5.74) is 2.47. The van der Waals surface area contributed by atoms with Crippen molar-refractivity contribution in [1.29, 1.82) is 0 Å². The molecule has 1 aliphatic carbocycles. The second-order valence-corrected chi connectivity index (χ2v) is 6.15. The third-order valence-electron chi connectivity index (χ3n) is 4.71. The van der Waals surface area contributed by atoms with Gasteiger partial charge in [-0.05, 0) is 37.3 Å². The minimum Gasteiger partial charge on any atom is -0.314 e. The number of nitrogens with one attached hydrogen (secondary N) is 1. The standard InChI is InChI=1S/C17H25N3/c1-4-18-15(12(2)13-9-10-13)11-16-14-7-5-6-8-17(14)20(3)19-16/h5-8,12-13,15,18H,4,9-11H2,1-3H3. The van der Waals surface area contributed by atoms with E-state index in [0.717, 1.165) is 24.8 Å². The van der Waals surface area contributed by atoms with Gasteiger partial charge in [-0.15, -0.1) is 0 Å². The van der Waals surface area contributed by atoms with Gasteiger partial charge in [0.25, 0.3) is 0 Å². The molecular formula is C17H25N3. The Bertz CT molecular complexity index is 583. The van der Waals surface area contributed by atoms with Crippen LogP contribution >= 0.6 is 0 Å². The summed E-state index contributed by atoms with van der Waals surface area (Å²) in [5, 5.41) is 9.73. The lowest BCUT2D eigenvalue weighted by Crippen LogP contribution is -2.37. The van der Waals surface area contributed by atoms with Crippen LogP contribution in [0.5, 0.6) is 0 Å². The average molecular weight is 271 g/mol. The molecule has 2 atom stereocenters. The fourth-order valence-electron chi connectivity index (χ4n) is 3.30. The Labute approximate surface area is 121 Å². The SMILES string of the molecule is CCNC(Cc1nn(C)c2ccccc12)C(C)C1CC1. The van der Waals surface area contributed by atoms with E-state index in [-0.39, 0.29) is 0 Å². The van der Waals surface area contributed by atoms with Gasteiger partial charge in [0.2, 0.25) is 0 Å².